The Kier molecular flexibility index (Phi) is 3.67. The van der Waals surface area contributed by atoms with Crippen LogP contribution in [-0.2, 0) is 4.79 Å². The predicted octanol–water partition coefficient (Wildman–Crippen LogP) is 2.53. The van der Waals surface area contributed by atoms with E-state index in [0.717, 1.165) is 0 Å². The Labute approximate surface area is 97.0 Å². The van der Waals surface area contributed by atoms with Crippen LogP contribution in [0, 0.1) is 17.5 Å². The van der Waals surface area contributed by atoms with Crippen LogP contribution in [0.5, 0.6) is 0 Å². The van der Waals surface area contributed by atoms with Gasteiger partial charge in [-0.15, -0.1) is 0 Å². The molecule has 0 fully saturated rings. The topological polar surface area (TPSA) is 57.5 Å². The minimum Gasteiger partial charge on any atom is -0.479 e. The number of hydrogen-bond donors (Lipinski definition) is 2. The van der Waals surface area contributed by atoms with Gasteiger partial charge in [-0.25, -0.2) is 18.0 Å². The quantitative estimate of drug-likeness (QED) is 0.644. The van der Waals surface area contributed by atoms with Crippen molar-refractivity contribution in [3.63, 3.8) is 0 Å². The standard InChI is InChI=1S/C8H3Cl2F3O3/c9-2-1(7(14)8(15)16)4(11)6(13)3(10)5(2)12/h7,14H,(H,15,16). The molecule has 1 atom stereocenters. The van der Waals surface area contributed by atoms with Crippen LogP contribution >= 0.6 is 23.2 Å². The lowest BCUT2D eigenvalue weighted by atomic mass is 10.1. The molecule has 0 bridgehead atoms. The summed E-state index contributed by atoms with van der Waals surface area (Å²) in [7, 11) is 0. The third-order valence-electron chi connectivity index (χ3n) is 1.75. The molecule has 16 heavy (non-hydrogen) atoms. The zero-order chi connectivity index (χ0) is 12.6. The molecule has 88 valence electrons. The smallest absolute Gasteiger partial charge is 0.337 e. The Hall–Kier alpha value is -0.980. The minimum absolute atomic E-state index is 1.07. The summed E-state index contributed by atoms with van der Waals surface area (Å²) in [6, 6.07) is 0. The summed E-state index contributed by atoms with van der Waals surface area (Å²) in [5.41, 5.74) is -1.20. The first-order chi connectivity index (χ1) is 7.29. The van der Waals surface area contributed by atoms with Crippen LogP contribution in [0.3, 0.4) is 0 Å². The molecule has 0 amide bonds. The molecule has 0 aliphatic rings. The number of aliphatic hydroxyl groups is 1. The largest absolute Gasteiger partial charge is 0.479 e. The van der Waals surface area contributed by atoms with Crippen LogP contribution in [0.25, 0.3) is 0 Å². The fraction of sp³-hybridized carbons (Fsp3) is 0.125. The molecule has 0 spiro atoms. The summed E-state index contributed by atoms with van der Waals surface area (Å²) in [4.78, 5) is 10.4. The van der Waals surface area contributed by atoms with Gasteiger partial charge in [0, 0.05) is 0 Å². The van der Waals surface area contributed by atoms with Crippen LogP contribution in [0.4, 0.5) is 13.2 Å². The van der Waals surface area contributed by atoms with E-state index in [1.54, 1.807) is 0 Å². The van der Waals surface area contributed by atoms with E-state index in [1.807, 2.05) is 0 Å². The molecule has 0 aliphatic carbocycles. The Balaban J connectivity index is 3.57. The van der Waals surface area contributed by atoms with E-state index >= 15 is 0 Å². The predicted molar refractivity (Wildman–Crippen MR) is 48.9 cm³/mol. The number of carboxylic acid groups (broad SMARTS) is 1. The lowest BCUT2D eigenvalue weighted by Gasteiger charge is -2.11. The second-order valence-electron chi connectivity index (χ2n) is 2.72. The number of carbonyl (C=O) groups is 1. The fourth-order valence-corrected chi connectivity index (χ4v) is 1.49. The highest BCUT2D eigenvalue weighted by atomic mass is 35.5. The molecule has 0 heterocycles. The molecule has 1 unspecified atom stereocenters. The number of carboxylic acids is 1. The van der Waals surface area contributed by atoms with Crippen LogP contribution in [0.15, 0.2) is 0 Å². The van der Waals surface area contributed by atoms with E-state index in [9.17, 15) is 18.0 Å². The molecule has 3 nitrogen and oxygen atoms in total. The van der Waals surface area contributed by atoms with Gasteiger partial charge in [0.15, 0.2) is 23.6 Å². The van der Waals surface area contributed by atoms with Crippen molar-refractivity contribution in [3.8, 4) is 0 Å². The van der Waals surface area contributed by atoms with Crippen molar-refractivity contribution in [2.24, 2.45) is 0 Å². The molecule has 1 aromatic rings. The first kappa shape index (κ1) is 13.1. The maximum absolute atomic E-state index is 13.2. The highest BCUT2D eigenvalue weighted by Crippen LogP contribution is 2.35. The van der Waals surface area contributed by atoms with Crippen LogP contribution in [0.1, 0.15) is 11.7 Å². The Bertz CT molecular complexity index is 435. The number of aliphatic carboxylic acids is 1. The SMILES string of the molecule is O=C(O)C(O)c1c(F)c(F)c(Cl)c(F)c1Cl. The van der Waals surface area contributed by atoms with Gasteiger partial charge in [0.1, 0.15) is 5.02 Å². The van der Waals surface area contributed by atoms with Crippen molar-refractivity contribution in [2.45, 2.75) is 6.10 Å². The molecular weight excluding hydrogens is 272 g/mol. The summed E-state index contributed by atoms with van der Waals surface area (Å²) in [5, 5.41) is 15.1. The van der Waals surface area contributed by atoms with Crippen molar-refractivity contribution < 1.29 is 28.2 Å². The summed E-state index contributed by atoms with van der Waals surface area (Å²) < 4.78 is 39.2. The van der Waals surface area contributed by atoms with Crippen molar-refractivity contribution >= 4 is 29.2 Å². The highest BCUT2D eigenvalue weighted by molar-refractivity contribution is 6.35. The Morgan fingerprint density at radius 1 is 1.06 bits per heavy atom. The minimum atomic E-state index is -2.48. The molecular formula is C8H3Cl2F3O3. The summed E-state index contributed by atoms with van der Waals surface area (Å²) in [5.74, 6) is -7.04. The molecule has 2 N–H and O–H groups in total. The summed E-state index contributed by atoms with van der Waals surface area (Å²) in [6.07, 6.45) is -2.48. The molecule has 0 aromatic heterocycles. The number of halogens is 5. The Morgan fingerprint density at radius 3 is 2.00 bits per heavy atom. The maximum atomic E-state index is 13.2. The van der Waals surface area contributed by atoms with Gasteiger partial charge in [0.2, 0.25) is 0 Å². The molecule has 8 heteroatoms. The molecule has 0 saturated heterocycles. The van der Waals surface area contributed by atoms with E-state index in [4.69, 9.17) is 33.4 Å². The van der Waals surface area contributed by atoms with Crippen molar-refractivity contribution in [3.05, 3.63) is 33.1 Å². The van der Waals surface area contributed by atoms with Crippen LogP contribution in [-0.4, -0.2) is 16.2 Å². The monoisotopic (exact) mass is 274 g/mol. The van der Waals surface area contributed by atoms with E-state index < -0.39 is 45.1 Å². The van der Waals surface area contributed by atoms with Gasteiger partial charge in [0.05, 0.1) is 10.6 Å². The Morgan fingerprint density at radius 2 is 1.56 bits per heavy atom. The van der Waals surface area contributed by atoms with Crippen molar-refractivity contribution in [1.29, 1.82) is 0 Å². The highest BCUT2D eigenvalue weighted by Gasteiger charge is 2.30. The van der Waals surface area contributed by atoms with Gasteiger partial charge in [-0.3, -0.25) is 0 Å². The van der Waals surface area contributed by atoms with Gasteiger partial charge < -0.3 is 10.2 Å². The average molecular weight is 275 g/mol. The van der Waals surface area contributed by atoms with Crippen molar-refractivity contribution in [2.75, 3.05) is 0 Å². The van der Waals surface area contributed by atoms with E-state index in [1.165, 1.54) is 0 Å². The molecule has 0 saturated carbocycles. The first-order valence-electron chi connectivity index (χ1n) is 3.71. The van der Waals surface area contributed by atoms with Crippen molar-refractivity contribution in [1.82, 2.24) is 0 Å². The van der Waals surface area contributed by atoms with E-state index in [2.05, 4.69) is 0 Å². The average Bonchev–Trinajstić information content (AvgIpc) is 2.23. The van der Waals surface area contributed by atoms with Crippen LogP contribution in [0.2, 0.25) is 10.0 Å². The lowest BCUT2D eigenvalue weighted by molar-refractivity contribution is -0.147. The fourth-order valence-electron chi connectivity index (χ4n) is 0.985. The summed E-state index contributed by atoms with van der Waals surface area (Å²) >= 11 is 10.3. The number of aliphatic hydroxyl groups excluding tert-OH is 1. The normalized spacial score (nSPS) is 12.6. The number of hydrogen-bond acceptors (Lipinski definition) is 2. The third kappa shape index (κ3) is 1.95. The number of rotatable bonds is 2. The maximum Gasteiger partial charge on any atom is 0.337 e. The zero-order valence-electron chi connectivity index (χ0n) is 7.27. The molecule has 0 radical (unpaired) electrons. The zero-order valence-corrected chi connectivity index (χ0v) is 8.78. The van der Waals surface area contributed by atoms with Gasteiger partial charge in [-0.05, 0) is 0 Å². The molecule has 1 rings (SSSR count). The second kappa shape index (κ2) is 4.48. The summed E-state index contributed by atoms with van der Waals surface area (Å²) in [6.45, 7) is 0. The number of benzene rings is 1. The molecule has 1 aromatic carbocycles. The van der Waals surface area contributed by atoms with Gasteiger partial charge in [-0.1, -0.05) is 23.2 Å². The first-order valence-corrected chi connectivity index (χ1v) is 4.46. The molecule has 0 aliphatic heterocycles. The van der Waals surface area contributed by atoms with Crippen LogP contribution < -0.4 is 0 Å². The second-order valence-corrected chi connectivity index (χ2v) is 3.48. The van der Waals surface area contributed by atoms with E-state index in [0.29, 0.717) is 0 Å². The lowest BCUT2D eigenvalue weighted by Crippen LogP contribution is -2.15. The third-order valence-corrected chi connectivity index (χ3v) is 2.45. The van der Waals surface area contributed by atoms with E-state index in [-0.39, 0.29) is 0 Å². The van der Waals surface area contributed by atoms with Gasteiger partial charge >= 0.3 is 5.97 Å². The van der Waals surface area contributed by atoms with Gasteiger partial charge in [0.25, 0.3) is 0 Å². The van der Waals surface area contributed by atoms with Gasteiger partial charge in [-0.2, -0.15) is 0 Å².